The number of hydrogen-bond donors (Lipinski definition) is 4. The van der Waals surface area contributed by atoms with Gasteiger partial charge in [0.25, 0.3) is 5.91 Å². The summed E-state index contributed by atoms with van der Waals surface area (Å²) in [5.41, 5.74) is 4.97. The molecule has 2 heterocycles. The molecule has 0 spiro atoms. The maximum Gasteiger partial charge on any atom is 0.255 e. The molecule has 0 aliphatic carbocycles. The van der Waals surface area contributed by atoms with Gasteiger partial charge < -0.3 is 21.1 Å². The Balaban J connectivity index is 1.58. The number of nitrogens with one attached hydrogen (secondary N) is 3. The van der Waals surface area contributed by atoms with Crippen molar-refractivity contribution < 1.29 is 9.90 Å². The fraction of sp³-hybridized carbons (Fsp3) is 0.200. The van der Waals surface area contributed by atoms with E-state index in [-0.39, 0.29) is 12.5 Å². The maximum atomic E-state index is 12.7. The van der Waals surface area contributed by atoms with E-state index in [2.05, 4.69) is 31.0 Å². The second kappa shape index (κ2) is 10.1. The molecule has 0 radical (unpaired) electrons. The summed E-state index contributed by atoms with van der Waals surface area (Å²) in [6, 6.07) is 16.9. The molecule has 9 heteroatoms. The average molecular weight is 458 g/mol. The van der Waals surface area contributed by atoms with Crippen LogP contribution in [0.2, 0.25) is 0 Å². The second-order valence-electron chi connectivity index (χ2n) is 7.97. The first-order chi connectivity index (χ1) is 16.4. The van der Waals surface area contributed by atoms with Crippen molar-refractivity contribution >= 4 is 28.9 Å². The molecule has 0 bridgehead atoms. The minimum Gasteiger partial charge on any atom is -0.395 e. The lowest BCUT2D eigenvalue weighted by Gasteiger charge is -2.14. The zero-order valence-electron chi connectivity index (χ0n) is 19.3. The molecule has 0 atom stereocenters. The van der Waals surface area contributed by atoms with Gasteiger partial charge in [0, 0.05) is 35.6 Å². The number of anilines is 4. The Hall–Kier alpha value is -4.24. The Kier molecular flexibility index (Phi) is 6.84. The van der Waals surface area contributed by atoms with Crippen LogP contribution in [0.25, 0.3) is 5.82 Å². The van der Waals surface area contributed by atoms with Gasteiger partial charge in [0.1, 0.15) is 18.0 Å². The van der Waals surface area contributed by atoms with Crippen molar-refractivity contribution in [3.05, 3.63) is 83.3 Å². The molecule has 0 unspecified atom stereocenters. The summed E-state index contributed by atoms with van der Waals surface area (Å²) in [6.07, 6.45) is 1.45. The van der Waals surface area contributed by atoms with Gasteiger partial charge in [-0.25, -0.2) is 9.97 Å². The van der Waals surface area contributed by atoms with Gasteiger partial charge in [-0.2, -0.15) is 9.78 Å². The van der Waals surface area contributed by atoms with Gasteiger partial charge in [0.2, 0.25) is 0 Å². The van der Waals surface area contributed by atoms with Gasteiger partial charge in [-0.1, -0.05) is 23.8 Å². The Morgan fingerprint density at radius 1 is 1.03 bits per heavy atom. The summed E-state index contributed by atoms with van der Waals surface area (Å²) in [6.45, 7) is 6.24. The number of carbonyl (C=O) groups excluding carboxylic acids is 1. The molecule has 174 valence electrons. The van der Waals surface area contributed by atoms with Crippen molar-refractivity contribution in [1.82, 2.24) is 19.7 Å². The van der Waals surface area contributed by atoms with E-state index in [1.807, 2.05) is 63.2 Å². The SMILES string of the molecule is Cc1cccc(C(=O)Nc2ccc(C)c(Nc3cc(C)nn3-c3cc(NCCO)ncn3)c2)c1. The average Bonchev–Trinajstić information content (AvgIpc) is 3.20. The molecule has 4 aromatic rings. The quantitative estimate of drug-likeness (QED) is 0.316. The van der Waals surface area contributed by atoms with E-state index in [1.165, 1.54) is 6.33 Å². The van der Waals surface area contributed by atoms with E-state index in [9.17, 15) is 4.79 Å². The van der Waals surface area contributed by atoms with E-state index < -0.39 is 0 Å². The fourth-order valence-electron chi connectivity index (χ4n) is 3.47. The largest absolute Gasteiger partial charge is 0.395 e. The van der Waals surface area contributed by atoms with Crippen molar-refractivity contribution in [2.24, 2.45) is 0 Å². The molecule has 1 amide bonds. The van der Waals surface area contributed by atoms with Crippen LogP contribution in [0.15, 0.2) is 60.9 Å². The number of aliphatic hydroxyl groups is 1. The van der Waals surface area contributed by atoms with Crippen LogP contribution in [-0.2, 0) is 0 Å². The van der Waals surface area contributed by atoms with Crippen molar-refractivity contribution in [1.29, 1.82) is 0 Å². The number of carbonyl (C=O) groups is 1. The van der Waals surface area contributed by atoms with Crippen LogP contribution in [0, 0.1) is 20.8 Å². The van der Waals surface area contributed by atoms with Crippen LogP contribution in [-0.4, -0.2) is 43.9 Å². The van der Waals surface area contributed by atoms with Crippen LogP contribution >= 0.6 is 0 Å². The first-order valence-corrected chi connectivity index (χ1v) is 10.9. The molecule has 4 N–H and O–H groups in total. The third kappa shape index (κ3) is 5.38. The topological polar surface area (TPSA) is 117 Å². The molecule has 0 aliphatic rings. The minimum atomic E-state index is -0.164. The van der Waals surface area contributed by atoms with Gasteiger partial charge in [0.05, 0.1) is 12.3 Å². The Morgan fingerprint density at radius 3 is 2.68 bits per heavy atom. The van der Waals surface area contributed by atoms with Crippen molar-refractivity contribution in [2.45, 2.75) is 20.8 Å². The van der Waals surface area contributed by atoms with E-state index in [0.717, 1.165) is 28.3 Å². The lowest BCUT2D eigenvalue weighted by Crippen LogP contribution is -2.12. The fourth-order valence-corrected chi connectivity index (χ4v) is 3.47. The highest BCUT2D eigenvalue weighted by atomic mass is 16.3. The Bertz CT molecular complexity index is 1320. The highest BCUT2D eigenvalue weighted by Crippen LogP contribution is 2.27. The molecule has 2 aromatic carbocycles. The van der Waals surface area contributed by atoms with E-state index in [0.29, 0.717) is 29.4 Å². The molecule has 0 saturated carbocycles. The zero-order valence-corrected chi connectivity index (χ0v) is 19.3. The third-order valence-electron chi connectivity index (χ3n) is 5.16. The Labute approximate surface area is 197 Å². The third-order valence-corrected chi connectivity index (χ3v) is 5.16. The van der Waals surface area contributed by atoms with E-state index >= 15 is 0 Å². The number of nitrogens with zero attached hydrogens (tertiary/aromatic N) is 4. The summed E-state index contributed by atoms with van der Waals surface area (Å²) >= 11 is 0. The first-order valence-electron chi connectivity index (χ1n) is 10.9. The maximum absolute atomic E-state index is 12.7. The van der Waals surface area contributed by atoms with Crippen LogP contribution in [0.1, 0.15) is 27.2 Å². The number of hydrogen-bond acceptors (Lipinski definition) is 7. The minimum absolute atomic E-state index is 0.00303. The number of benzene rings is 2. The normalized spacial score (nSPS) is 10.7. The summed E-state index contributed by atoms with van der Waals surface area (Å²) in [4.78, 5) is 21.2. The summed E-state index contributed by atoms with van der Waals surface area (Å²) in [5, 5.41) is 23.0. The molecule has 9 nitrogen and oxygen atoms in total. The standard InChI is InChI=1S/C25H27N7O2/c1-16-5-4-6-19(11-16)25(34)29-20-8-7-17(2)21(13-20)30-24-12-18(3)31-32(24)23-14-22(26-9-10-33)27-15-28-23/h4-8,11-15,30,33H,9-10H2,1-3H3,(H,29,34)(H,26,27,28). The number of aromatic nitrogens is 4. The highest BCUT2D eigenvalue weighted by molar-refractivity contribution is 6.04. The number of rotatable bonds is 8. The molecule has 0 fully saturated rings. The predicted octanol–water partition coefficient (Wildman–Crippen LogP) is 3.99. The van der Waals surface area contributed by atoms with Gasteiger partial charge >= 0.3 is 0 Å². The molecule has 4 rings (SSSR count). The number of aryl methyl sites for hydroxylation is 3. The monoisotopic (exact) mass is 457 g/mol. The van der Waals surface area contributed by atoms with Gasteiger partial charge in [0.15, 0.2) is 5.82 Å². The molecule has 0 aliphatic heterocycles. The smallest absolute Gasteiger partial charge is 0.255 e. The van der Waals surface area contributed by atoms with E-state index in [1.54, 1.807) is 16.8 Å². The lowest BCUT2D eigenvalue weighted by atomic mass is 10.1. The van der Waals surface area contributed by atoms with E-state index in [4.69, 9.17) is 5.11 Å². The molecular formula is C25H27N7O2. The van der Waals surface area contributed by atoms with Gasteiger partial charge in [-0.05, 0) is 50.6 Å². The predicted molar refractivity (Wildman–Crippen MR) is 133 cm³/mol. The molecule has 2 aromatic heterocycles. The first kappa shape index (κ1) is 22.9. The lowest BCUT2D eigenvalue weighted by molar-refractivity contribution is 0.102. The van der Waals surface area contributed by atoms with Crippen LogP contribution in [0.4, 0.5) is 23.0 Å². The zero-order chi connectivity index (χ0) is 24.1. The molecule has 0 saturated heterocycles. The second-order valence-corrected chi connectivity index (χ2v) is 7.97. The number of aliphatic hydroxyl groups excluding tert-OH is 1. The van der Waals surface area contributed by atoms with Crippen LogP contribution < -0.4 is 16.0 Å². The summed E-state index contributed by atoms with van der Waals surface area (Å²) in [7, 11) is 0. The van der Waals surface area contributed by atoms with Crippen molar-refractivity contribution in [3.63, 3.8) is 0 Å². The Morgan fingerprint density at radius 2 is 1.88 bits per heavy atom. The van der Waals surface area contributed by atoms with Crippen LogP contribution in [0.3, 0.4) is 0 Å². The summed E-state index contributed by atoms with van der Waals surface area (Å²) in [5.74, 6) is 1.72. The highest BCUT2D eigenvalue weighted by Gasteiger charge is 2.13. The van der Waals surface area contributed by atoms with Gasteiger partial charge in [-0.3, -0.25) is 4.79 Å². The number of amides is 1. The van der Waals surface area contributed by atoms with Gasteiger partial charge in [-0.15, -0.1) is 0 Å². The summed E-state index contributed by atoms with van der Waals surface area (Å²) < 4.78 is 1.69. The van der Waals surface area contributed by atoms with Crippen LogP contribution in [0.5, 0.6) is 0 Å². The van der Waals surface area contributed by atoms with Crippen molar-refractivity contribution in [3.8, 4) is 5.82 Å². The van der Waals surface area contributed by atoms with Crippen molar-refractivity contribution in [2.75, 3.05) is 29.1 Å². The molecular weight excluding hydrogens is 430 g/mol. The molecule has 34 heavy (non-hydrogen) atoms.